The van der Waals surface area contributed by atoms with Gasteiger partial charge >= 0.3 is 0 Å². The van der Waals surface area contributed by atoms with Gasteiger partial charge in [0, 0.05) is 35.9 Å². The van der Waals surface area contributed by atoms with Crippen LogP contribution in [0.25, 0.3) is 0 Å². The molecule has 6 atom stereocenters. The van der Waals surface area contributed by atoms with Crippen LogP contribution in [0, 0.1) is 23.2 Å². The summed E-state index contributed by atoms with van der Waals surface area (Å²) in [5.74, 6) is 1.58. The first-order valence-corrected chi connectivity index (χ1v) is 13.9. The van der Waals surface area contributed by atoms with E-state index in [1.54, 1.807) is 25.6 Å². The first kappa shape index (κ1) is 26.7. The van der Waals surface area contributed by atoms with Gasteiger partial charge in [-0.25, -0.2) is 4.98 Å². The molecular weight excluding hydrogens is 474 g/mol. The van der Waals surface area contributed by atoms with Crippen LogP contribution in [0.15, 0.2) is 18.2 Å². The number of nitrogens with one attached hydrogen (secondary N) is 1. The standard InChI is InChI=1S/C28H41N3O4S/c1-8-31(9-2)26(33)16(3)19-12-13-28(5)15-22-24(17(4)23(28)25(19)32)30-27(36-22)29-20-14-18(34-6)10-11-21(20)35-7/h10-11,14,16-17,19,23,25,32H,8-9,12-13,15H2,1-7H3,(H,29,30)/t16-,17-,19-,23+,25-,28-/m0/s1. The minimum absolute atomic E-state index is 0.0161. The highest BCUT2D eigenvalue weighted by molar-refractivity contribution is 7.15. The lowest BCUT2D eigenvalue weighted by Gasteiger charge is -2.53. The van der Waals surface area contributed by atoms with Gasteiger partial charge in [0.25, 0.3) is 0 Å². The van der Waals surface area contributed by atoms with E-state index in [0.29, 0.717) is 13.1 Å². The van der Waals surface area contributed by atoms with Crippen molar-refractivity contribution >= 4 is 28.1 Å². The Balaban J connectivity index is 1.59. The molecule has 7 nitrogen and oxygen atoms in total. The molecule has 0 spiro atoms. The van der Waals surface area contributed by atoms with Crippen LogP contribution in [0.2, 0.25) is 0 Å². The highest BCUT2D eigenvalue weighted by Crippen LogP contribution is 2.57. The fourth-order valence-electron chi connectivity index (χ4n) is 6.63. The monoisotopic (exact) mass is 515 g/mol. The van der Waals surface area contributed by atoms with Crippen LogP contribution in [0.4, 0.5) is 10.8 Å². The van der Waals surface area contributed by atoms with Crippen molar-refractivity contribution in [2.45, 2.75) is 65.9 Å². The molecule has 1 aromatic heterocycles. The molecule has 2 aromatic rings. The van der Waals surface area contributed by atoms with E-state index in [9.17, 15) is 9.90 Å². The smallest absolute Gasteiger partial charge is 0.225 e. The summed E-state index contributed by atoms with van der Waals surface area (Å²) < 4.78 is 10.9. The summed E-state index contributed by atoms with van der Waals surface area (Å²) in [4.78, 5) is 21.3. The number of hydrogen-bond donors (Lipinski definition) is 2. The lowest BCUT2D eigenvalue weighted by molar-refractivity contribution is -0.144. The predicted octanol–water partition coefficient (Wildman–Crippen LogP) is 5.46. The number of carbonyl (C=O) groups is 1. The van der Waals surface area contributed by atoms with Gasteiger partial charge in [0.05, 0.1) is 31.7 Å². The van der Waals surface area contributed by atoms with Gasteiger partial charge in [-0.2, -0.15) is 0 Å². The molecule has 0 radical (unpaired) electrons. The number of hydrogen-bond acceptors (Lipinski definition) is 7. The van der Waals surface area contributed by atoms with Crippen molar-refractivity contribution in [1.29, 1.82) is 0 Å². The summed E-state index contributed by atoms with van der Waals surface area (Å²) >= 11 is 1.68. The van der Waals surface area contributed by atoms with Crippen molar-refractivity contribution in [2.24, 2.45) is 23.2 Å². The number of amides is 1. The Morgan fingerprint density at radius 2 is 2.03 bits per heavy atom. The van der Waals surface area contributed by atoms with E-state index in [-0.39, 0.29) is 35.0 Å². The third kappa shape index (κ3) is 4.70. The first-order valence-electron chi connectivity index (χ1n) is 13.1. The molecule has 1 aromatic carbocycles. The van der Waals surface area contributed by atoms with Gasteiger partial charge in [-0.15, -0.1) is 11.3 Å². The van der Waals surface area contributed by atoms with Crippen LogP contribution in [-0.4, -0.2) is 54.3 Å². The molecule has 2 N–H and O–H groups in total. The Bertz CT molecular complexity index is 1080. The Hall–Kier alpha value is -2.32. The largest absolute Gasteiger partial charge is 0.497 e. The summed E-state index contributed by atoms with van der Waals surface area (Å²) in [6.07, 6.45) is 2.24. The summed E-state index contributed by atoms with van der Waals surface area (Å²) in [7, 11) is 3.30. The van der Waals surface area contributed by atoms with Crippen LogP contribution >= 0.6 is 11.3 Å². The van der Waals surface area contributed by atoms with Gasteiger partial charge in [0.15, 0.2) is 5.13 Å². The average molecular weight is 516 g/mol. The van der Waals surface area contributed by atoms with Crippen LogP contribution in [0.3, 0.4) is 0 Å². The number of aliphatic hydroxyl groups is 1. The minimum Gasteiger partial charge on any atom is -0.497 e. The molecular formula is C28H41N3O4S. The molecule has 4 rings (SSSR count). The van der Waals surface area contributed by atoms with Gasteiger partial charge < -0.3 is 24.8 Å². The van der Waals surface area contributed by atoms with Gasteiger partial charge in [0.2, 0.25) is 5.91 Å². The highest BCUT2D eigenvalue weighted by Gasteiger charge is 2.54. The SMILES string of the molecule is CCN(CC)C(=O)[C@@H](C)[C@@H]1CC[C@@]2(C)Cc3sc(Nc4cc(OC)ccc4OC)nc3[C@@H](C)[C@@H]2[C@H]1O. The van der Waals surface area contributed by atoms with Crippen LogP contribution in [0.5, 0.6) is 11.5 Å². The summed E-state index contributed by atoms with van der Waals surface area (Å²) in [5, 5.41) is 16.0. The highest BCUT2D eigenvalue weighted by atomic mass is 32.1. The number of nitrogens with zero attached hydrogens (tertiary/aromatic N) is 2. The Kier molecular flexibility index (Phi) is 7.86. The Morgan fingerprint density at radius 1 is 1.31 bits per heavy atom. The van der Waals surface area contributed by atoms with Crippen molar-refractivity contribution in [3.63, 3.8) is 0 Å². The quantitative estimate of drug-likeness (QED) is 0.486. The Labute approximate surface area is 219 Å². The number of methoxy groups -OCH3 is 2. The summed E-state index contributed by atoms with van der Waals surface area (Å²) in [5.41, 5.74) is 1.86. The van der Waals surface area contributed by atoms with Crippen molar-refractivity contribution < 1.29 is 19.4 Å². The zero-order valence-electron chi connectivity index (χ0n) is 22.6. The lowest BCUT2D eigenvalue weighted by atomic mass is 9.53. The van der Waals surface area contributed by atoms with Crippen molar-refractivity contribution in [3.05, 3.63) is 28.8 Å². The number of thiazole rings is 1. The molecule has 0 aliphatic heterocycles. The van der Waals surface area contributed by atoms with Gasteiger partial charge in [0.1, 0.15) is 11.5 Å². The third-order valence-corrected chi connectivity index (χ3v) is 9.66. The molecule has 2 aliphatic rings. The number of anilines is 2. The molecule has 1 heterocycles. The summed E-state index contributed by atoms with van der Waals surface area (Å²) in [6, 6.07) is 5.66. The average Bonchev–Trinajstić information content (AvgIpc) is 3.26. The fourth-order valence-corrected chi connectivity index (χ4v) is 7.91. The van der Waals surface area contributed by atoms with Crippen molar-refractivity contribution in [2.75, 3.05) is 32.6 Å². The first-order chi connectivity index (χ1) is 17.2. The van der Waals surface area contributed by atoms with Gasteiger partial charge in [-0.05, 0) is 62.5 Å². The second-order valence-corrected chi connectivity index (χ2v) is 11.7. The minimum atomic E-state index is -0.530. The molecule has 36 heavy (non-hydrogen) atoms. The summed E-state index contributed by atoms with van der Waals surface area (Å²) in [6.45, 7) is 11.9. The molecule has 0 saturated heterocycles. The van der Waals surface area contributed by atoms with E-state index in [4.69, 9.17) is 14.5 Å². The number of fused-ring (bicyclic) bond motifs is 2. The number of carbonyl (C=O) groups excluding carboxylic acids is 1. The number of aromatic nitrogens is 1. The molecule has 1 saturated carbocycles. The van der Waals surface area contributed by atoms with E-state index >= 15 is 0 Å². The third-order valence-electron chi connectivity index (χ3n) is 8.68. The topological polar surface area (TPSA) is 83.9 Å². The zero-order chi connectivity index (χ0) is 26.2. The maximum absolute atomic E-state index is 13.1. The second-order valence-electron chi connectivity index (χ2n) is 10.7. The van der Waals surface area contributed by atoms with Gasteiger partial charge in [-0.3, -0.25) is 4.79 Å². The Morgan fingerprint density at radius 3 is 2.67 bits per heavy atom. The molecule has 1 fully saturated rings. The van der Waals surface area contributed by atoms with Gasteiger partial charge in [-0.1, -0.05) is 20.8 Å². The molecule has 8 heteroatoms. The van der Waals surface area contributed by atoms with E-state index in [1.807, 2.05) is 43.9 Å². The number of benzene rings is 1. The molecule has 0 unspecified atom stereocenters. The maximum Gasteiger partial charge on any atom is 0.225 e. The normalized spacial score (nSPS) is 28.0. The van der Waals surface area contributed by atoms with E-state index in [1.165, 1.54) is 4.88 Å². The lowest BCUT2D eigenvalue weighted by Crippen LogP contribution is -2.53. The molecule has 198 valence electrons. The van der Waals surface area contributed by atoms with Crippen LogP contribution in [0.1, 0.15) is 63.9 Å². The van der Waals surface area contributed by atoms with Crippen molar-refractivity contribution in [1.82, 2.24) is 9.88 Å². The fraction of sp³-hybridized carbons (Fsp3) is 0.643. The molecule has 2 aliphatic carbocycles. The van der Waals surface area contributed by atoms with E-state index in [0.717, 1.165) is 47.3 Å². The number of ether oxygens (including phenoxy) is 2. The van der Waals surface area contributed by atoms with Crippen molar-refractivity contribution in [3.8, 4) is 11.5 Å². The molecule has 0 bridgehead atoms. The molecule has 1 amide bonds. The van der Waals surface area contributed by atoms with E-state index < -0.39 is 6.10 Å². The maximum atomic E-state index is 13.1. The predicted molar refractivity (Wildman–Crippen MR) is 144 cm³/mol. The number of rotatable bonds is 8. The number of aliphatic hydroxyl groups excluding tert-OH is 1. The van der Waals surface area contributed by atoms with Crippen LogP contribution < -0.4 is 14.8 Å². The van der Waals surface area contributed by atoms with E-state index in [2.05, 4.69) is 19.2 Å². The zero-order valence-corrected chi connectivity index (χ0v) is 23.4. The van der Waals surface area contributed by atoms with Crippen LogP contribution in [-0.2, 0) is 11.2 Å². The second kappa shape index (κ2) is 10.6.